The summed E-state index contributed by atoms with van der Waals surface area (Å²) >= 11 is 4.25. The lowest BCUT2D eigenvalue weighted by atomic mass is 10.2. The number of aromatic nitrogens is 1. The normalized spacial score (nSPS) is 10.9. The highest BCUT2D eigenvalue weighted by atomic mass is 32.1. The molecule has 0 atom stereocenters. The smallest absolute Gasteiger partial charge is 0.0623 e. The molecule has 0 saturated carbocycles. The summed E-state index contributed by atoms with van der Waals surface area (Å²) in [5.74, 6) is 0.940. The molecule has 0 saturated heterocycles. The van der Waals surface area contributed by atoms with Crippen molar-refractivity contribution in [1.82, 2.24) is 4.57 Å². The second kappa shape index (κ2) is 4.83. The fraction of sp³-hybridized carbons (Fsp3) is 0.385. The minimum atomic E-state index is 0.940. The van der Waals surface area contributed by atoms with Crippen molar-refractivity contribution in [3.63, 3.8) is 0 Å². The SMILES string of the molecule is CN(CCCS)c1cn(C)c2ccccc12. The molecule has 0 aliphatic carbocycles. The van der Waals surface area contributed by atoms with Crippen molar-refractivity contribution in [2.45, 2.75) is 6.42 Å². The lowest BCUT2D eigenvalue weighted by Gasteiger charge is -2.17. The molecule has 3 heteroatoms. The minimum Gasteiger partial charge on any atom is -0.373 e. The van der Waals surface area contributed by atoms with Gasteiger partial charge in [-0.25, -0.2) is 0 Å². The van der Waals surface area contributed by atoms with E-state index in [1.807, 2.05) is 0 Å². The molecule has 2 rings (SSSR count). The van der Waals surface area contributed by atoms with Crippen LogP contribution in [0.4, 0.5) is 5.69 Å². The van der Waals surface area contributed by atoms with E-state index >= 15 is 0 Å². The zero-order valence-corrected chi connectivity index (χ0v) is 10.7. The van der Waals surface area contributed by atoms with E-state index in [2.05, 4.69) is 66.7 Å². The number of rotatable bonds is 4. The van der Waals surface area contributed by atoms with Crippen LogP contribution in [0.25, 0.3) is 10.9 Å². The molecule has 1 aromatic carbocycles. The largest absolute Gasteiger partial charge is 0.373 e. The zero-order valence-electron chi connectivity index (χ0n) is 9.85. The van der Waals surface area contributed by atoms with E-state index in [-0.39, 0.29) is 0 Å². The molecule has 0 N–H and O–H groups in total. The van der Waals surface area contributed by atoms with Gasteiger partial charge in [-0.2, -0.15) is 12.6 Å². The third-order valence-corrected chi connectivity index (χ3v) is 3.26. The van der Waals surface area contributed by atoms with Gasteiger partial charge in [-0.3, -0.25) is 0 Å². The van der Waals surface area contributed by atoms with Crippen LogP contribution in [-0.2, 0) is 7.05 Å². The molecule has 0 aliphatic rings. The molecule has 0 radical (unpaired) electrons. The van der Waals surface area contributed by atoms with Gasteiger partial charge in [0, 0.05) is 37.7 Å². The van der Waals surface area contributed by atoms with Gasteiger partial charge in [0.2, 0.25) is 0 Å². The first-order valence-corrected chi connectivity index (χ1v) is 6.23. The standard InChI is InChI=1S/C13H18N2S/c1-14(8-5-9-16)13-10-15(2)12-7-4-3-6-11(12)13/h3-4,6-7,10,16H,5,8-9H2,1-2H3. The Balaban J connectivity index is 2.37. The maximum Gasteiger partial charge on any atom is 0.0623 e. The first-order valence-electron chi connectivity index (χ1n) is 5.60. The van der Waals surface area contributed by atoms with Crippen LogP contribution < -0.4 is 4.90 Å². The first kappa shape index (κ1) is 11.4. The van der Waals surface area contributed by atoms with Crippen LogP contribution in [0.5, 0.6) is 0 Å². The van der Waals surface area contributed by atoms with Gasteiger partial charge < -0.3 is 9.47 Å². The summed E-state index contributed by atoms with van der Waals surface area (Å²) in [6.45, 7) is 1.05. The second-order valence-corrected chi connectivity index (χ2v) is 4.59. The maximum absolute atomic E-state index is 4.25. The lowest BCUT2D eigenvalue weighted by molar-refractivity contribution is 0.858. The Morgan fingerprint density at radius 2 is 2.06 bits per heavy atom. The third-order valence-electron chi connectivity index (χ3n) is 2.94. The number of nitrogens with zero attached hydrogens (tertiary/aromatic N) is 2. The summed E-state index contributed by atoms with van der Waals surface area (Å²) in [4.78, 5) is 2.30. The van der Waals surface area contributed by atoms with Gasteiger partial charge >= 0.3 is 0 Å². The third kappa shape index (κ3) is 2.05. The quantitative estimate of drug-likeness (QED) is 0.800. The Morgan fingerprint density at radius 3 is 2.81 bits per heavy atom. The van der Waals surface area contributed by atoms with Crippen molar-refractivity contribution >= 4 is 29.2 Å². The summed E-state index contributed by atoms with van der Waals surface area (Å²) in [6.07, 6.45) is 3.31. The average Bonchev–Trinajstić information content (AvgIpc) is 2.65. The van der Waals surface area contributed by atoms with Gasteiger partial charge in [0.25, 0.3) is 0 Å². The van der Waals surface area contributed by atoms with Crippen molar-refractivity contribution in [1.29, 1.82) is 0 Å². The number of fused-ring (bicyclic) bond motifs is 1. The fourth-order valence-electron chi connectivity index (χ4n) is 2.05. The number of thiol groups is 1. The van der Waals surface area contributed by atoms with Crippen LogP contribution in [0.2, 0.25) is 0 Å². The molecule has 16 heavy (non-hydrogen) atoms. The Morgan fingerprint density at radius 1 is 1.31 bits per heavy atom. The van der Waals surface area contributed by atoms with Crippen molar-refractivity contribution in [2.24, 2.45) is 7.05 Å². The molecule has 2 nitrogen and oxygen atoms in total. The number of para-hydroxylation sites is 1. The summed E-state index contributed by atoms with van der Waals surface area (Å²) in [6, 6.07) is 8.52. The maximum atomic E-state index is 4.25. The molecular formula is C13H18N2S. The Bertz CT molecular complexity index is 476. The average molecular weight is 234 g/mol. The Hall–Kier alpha value is -1.09. The monoisotopic (exact) mass is 234 g/mol. The van der Waals surface area contributed by atoms with Crippen molar-refractivity contribution in [3.05, 3.63) is 30.5 Å². The molecule has 0 unspecified atom stereocenters. The highest BCUT2D eigenvalue weighted by Gasteiger charge is 2.08. The van der Waals surface area contributed by atoms with Gasteiger partial charge in [0.15, 0.2) is 0 Å². The van der Waals surface area contributed by atoms with Gasteiger partial charge in [0.05, 0.1) is 5.69 Å². The Kier molecular flexibility index (Phi) is 3.44. The van der Waals surface area contributed by atoms with Crippen LogP contribution in [0.3, 0.4) is 0 Å². The highest BCUT2D eigenvalue weighted by Crippen LogP contribution is 2.27. The second-order valence-electron chi connectivity index (χ2n) is 4.14. The van der Waals surface area contributed by atoms with E-state index in [1.54, 1.807) is 0 Å². The first-order chi connectivity index (χ1) is 7.74. The lowest BCUT2D eigenvalue weighted by Crippen LogP contribution is -2.18. The predicted molar refractivity (Wildman–Crippen MR) is 74.7 cm³/mol. The molecular weight excluding hydrogens is 216 g/mol. The van der Waals surface area contributed by atoms with E-state index in [9.17, 15) is 0 Å². The topological polar surface area (TPSA) is 8.17 Å². The Labute approximate surface area is 102 Å². The highest BCUT2D eigenvalue weighted by molar-refractivity contribution is 7.80. The molecule has 0 amide bonds. The summed E-state index contributed by atoms with van der Waals surface area (Å²) in [7, 11) is 4.24. The number of hydrogen-bond acceptors (Lipinski definition) is 2. The molecule has 2 aromatic rings. The van der Waals surface area contributed by atoms with Crippen molar-refractivity contribution in [2.75, 3.05) is 24.2 Å². The molecule has 0 bridgehead atoms. The number of hydrogen-bond donors (Lipinski definition) is 1. The number of benzene rings is 1. The van der Waals surface area contributed by atoms with Crippen LogP contribution in [0, 0.1) is 0 Å². The van der Waals surface area contributed by atoms with Gasteiger partial charge in [-0.15, -0.1) is 0 Å². The van der Waals surface area contributed by atoms with E-state index in [4.69, 9.17) is 0 Å². The predicted octanol–water partition coefficient (Wildman–Crippen LogP) is 2.93. The molecule has 1 heterocycles. The van der Waals surface area contributed by atoms with Crippen LogP contribution in [-0.4, -0.2) is 23.9 Å². The van der Waals surface area contributed by atoms with Crippen LogP contribution in [0.1, 0.15) is 6.42 Å². The summed E-state index contributed by atoms with van der Waals surface area (Å²) < 4.78 is 2.18. The van der Waals surface area contributed by atoms with Gasteiger partial charge in [-0.05, 0) is 18.2 Å². The molecule has 0 fully saturated rings. The van der Waals surface area contributed by atoms with Crippen LogP contribution in [0.15, 0.2) is 30.5 Å². The van der Waals surface area contributed by atoms with E-state index in [0.29, 0.717) is 0 Å². The molecule has 0 spiro atoms. The molecule has 1 aromatic heterocycles. The molecule has 86 valence electrons. The number of anilines is 1. The molecule has 0 aliphatic heterocycles. The van der Waals surface area contributed by atoms with Crippen molar-refractivity contribution in [3.8, 4) is 0 Å². The van der Waals surface area contributed by atoms with E-state index in [0.717, 1.165) is 18.7 Å². The van der Waals surface area contributed by atoms with E-state index < -0.39 is 0 Å². The zero-order chi connectivity index (χ0) is 11.5. The van der Waals surface area contributed by atoms with E-state index in [1.165, 1.54) is 16.6 Å². The van der Waals surface area contributed by atoms with Gasteiger partial charge in [-0.1, -0.05) is 18.2 Å². The number of aryl methyl sites for hydroxylation is 1. The summed E-state index contributed by atoms with van der Waals surface area (Å²) in [5, 5.41) is 1.33. The minimum absolute atomic E-state index is 0.940. The van der Waals surface area contributed by atoms with Gasteiger partial charge in [0.1, 0.15) is 0 Å². The fourth-order valence-corrected chi connectivity index (χ4v) is 2.19. The van der Waals surface area contributed by atoms with Crippen LogP contribution >= 0.6 is 12.6 Å². The summed E-state index contributed by atoms with van der Waals surface area (Å²) in [5.41, 5.74) is 2.59. The van der Waals surface area contributed by atoms with Crippen molar-refractivity contribution < 1.29 is 0 Å².